The molecule has 31 heavy (non-hydrogen) atoms. The number of hydrogen-bond acceptors (Lipinski definition) is 7. The van der Waals surface area contributed by atoms with Gasteiger partial charge < -0.3 is 24.2 Å². The fourth-order valence-electron chi connectivity index (χ4n) is 3.85. The third kappa shape index (κ3) is 5.19. The summed E-state index contributed by atoms with van der Waals surface area (Å²) in [6.07, 6.45) is 1.80. The van der Waals surface area contributed by atoms with Crippen LogP contribution < -0.4 is 14.5 Å². The Kier molecular flexibility index (Phi) is 6.48. The Hall–Kier alpha value is -2.58. The van der Waals surface area contributed by atoms with Crippen molar-refractivity contribution in [3.63, 3.8) is 0 Å². The van der Waals surface area contributed by atoms with Gasteiger partial charge in [-0.05, 0) is 38.1 Å². The van der Waals surface area contributed by atoms with Crippen LogP contribution in [0.25, 0.3) is 0 Å². The topological polar surface area (TPSA) is 71.0 Å². The number of carbonyl (C=O) groups is 1. The summed E-state index contributed by atoms with van der Waals surface area (Å²) in [7, 11) is 0. The Labute approximate surface area is 187 Å². The van der Waals surface area contributed by atoms with Crippen molar-refractivity contribution in [3.05, 3.63) is 41.6 Å². The van der Waals surface area contributed by atoms with E-state index in [1.165, 1.54) is 0 Å². The third-order valence-electron chi connectivity index (χ3n) is 5.60. The molecule has 0 N–H and O–H groups in total. The van der Waals surface area contributed by atoms with Gasteiger partial charge in [0.1, 0.15) is 5.75 Å². The second-order valence-electron chi connectivity index (χ2n) is 8.22. The number of nitrogens with zero attached hydrogens (tertiary/aromatic N) is 5. The average Bonchev–Trinajstić information content (AvgIpc) is 2.81. The summed E-state index contributed by atoms with van der Waals surface area (Å²) >= 11 is 5.93. The summed E-state index contributed by atoms with van der Waals surface area (Å²) in [5, 5.41) is 9.15. The normalized spacial score (nSPS) is 17.6. The zero-order valence-electron chi connectivity index (χ0n) is 18.0. The summed E-state index contributed by atoms with van der Waals surface area (Å²) in [6, 6.07) is 9.12. The SMILES string of the molecule is CC(C)(Oc1ccc(Cl)cc1)C(=O)N1CCN(c2cc(N3CCOCC3)cnn2)CC1. The second kappa shape index (κ2) is 9.28. The Morgan fingerprint density at radius 3 is 2.39 bits per heavy atom. The first-order valence-electron chi connectivity index (χ1n) is 10.6. The van der Waals surface area contributed by atoms with Gasteiger partial charge in [-0.15, -0.1) is 5.10 Å². The van der Waals surface area contributed by atoms with Crippen LogP contribution in [0.3, 0.4) is 0 Å². The Morgan fingerprint density at radius 1 is 1.03 bits per heavy atom. The molecule has 0 spiro atoms. The van der Waals surface area contributed by atoms with E-state index >= 15 is 0 Å². The van der Waals surface area contributed by atoms with Gasteiger partial charge >= 0.3 is 0 Å². The highest BCUT2D eigenvalue weighted by atomic mass is 35.5. The molecule has 2 aliphatic rings. The molecule has 0 unspecified atom stereocenters. The quantitative estimate of drug-likeness (QED) is 0.700. The molecule has 0 saturated carbocycles. The Balaban J connectivity index is 1.35. The fourth-order valence-corrected chi connectivity index (χ4v) is 3.98. The van der Waals surface area contributed by atoms with E-state index in [1.807, 2.05) is 4.90 Å². The van der Waals surface area contributed by atoms with Gasteiger partial charge in [-0.2, -0.15) is 5.10 Å². The maximum atomic E-state index is 13.1. The van der Waals surface area contributed by atoms with Gasteiger partial charge in [-0.1, -0.05) is 11.6 Å². The number of ether oxygens (including phenoxy) is 2. The smallest absolute Gasteiger partial charge is 0.266 e. The van der Waals surface area contributed by atoms with Crippen molar-refractivity contribution in [2.75, 3.05) is 62.3 Å². The molecular weight excluding hydrogens is 418 g/mol. The van der Waals surface area contributed by atoms with Gasteiger partial charge in [-0.25, -0.2) is 0 Å². The molecule has 4 rings (SSSR count). The zero-order valence-corrected chi connectivity index (χ0v) is 18.7. The van der Waals surface area contributed by atoms with Crippen molar-refractivity contribution in [2.24, 2.45) is 0 Å². The molecule has 9 heteroatoms. The van der Waals surface area contributed by atoms with Crippen molar-refractivity contribution >= 4 is 29.0 Å². The number of anilines is 2. The molecule has 1 aromatic heterocycles. The minimum atomic E-state index is -0.966. The van der Waals surface area contributed by atoms with Crippen LogP contribution in [-0.4, -0.2) is 79.1 Å². The predicted molar refractivity (Wildman–Crippen MR) is 120 cm³/mol. The van der Waals surface area contributed by atoms with Crippen molar-refractivity contribution in [2.45, 2.75) is 19.4 Å². The van der Waals surface area contributed by atoms with E-state index in [4.69, 9.17) is 21.1 Å². The van der Waals surface area contributed by atoms with Crippen LogP contribution in [0.2, 0.25) is 5.02 Å². The van der Waals surface area contributed by atoms with E-state index in [-0.39, 0.29) is 5.91 Å². The molecule has 0 bridgehead atoms. The molecule has 166 valence electrons. The lowest BCUT2D eigenvalue weighted by molar-refractivity contribution is -0.145. The van der Waals surface area contributed by atoms with Crippen LogP contribution in [-0.2, 0) is 9.53 Å². The van der Waals surface area contributed by atoms with Crippen LogP contribution in [0.4, 0.5) is 11.5 Å². The van der Waals surface area contributed by atoms with Crippen molar-refractivity contribution in [3.8, 4) is 5.75 Å². The monoisotopic (exact) mass is 445 g/mol. The van der Waals surface area contributed by atoms with Gasteiger partial charge in [0.25, 0.3) is 5.91 Å². The number of aromatic nitrogens is 2. The van der Waals surface area contributed by atoms with E-state index in [1.54, 1.807) is 44.3 Å². The van der Waals surface area contributed by atoms with Gasteiger partial charge in [0, 0.05) is 50.4 Å². The minimum Gasteiger partial charge on any atom is -0.478 e. The molecule has 2 aliphatic heterocycles. The van der Waals surface area contributed by atoms with Gasteiger partial charge in [0.2, 0.25) is 0 Å². The van der Waals surface area contributed by atoms with E-state index in [0.29, 0.717) is 37.0 Å². The summed E-state index contributed by atoms with van der Waals surface area (Å²) in [5.41, 5.74) is 0.0933. The van der Waals surface area contributed by atoms with Gasteiger partial charge in [0.05, 0.1) is 25.1 Å². The highest BCUT2D eigenvalue weighted by Gasteiger charge is 2.36. The number of rotatable bonds is 5. The van der Waals surface area contributed by atoms with Crippen molar-refractivity contribution in [1.29, 1.82) is 0 Å². The van der Waals surface area contributed by atoms with E-state index < -0.39 is 5.60 Å². The van der Waals surface area contributed by atoms with Crippen molar-refractivity contribution < 1.29 is 14.3 Å². The molecule has 1 amide bonds. The number of hydrogen-bond donors (Lipinski definition) is 0. The Bertz CT molecular complexity index is 894. The molecule has 0 aliphatic carbocycles. The molecule has 3 heterocycles. The zero-order chi connectivity index (χ0) is 21.8. The molecule has 2 saturated heterocycles. The van der Waals surface area contributed by atoms with Crippen molar-refractivity contribution in [1.82, 2.24) is 15.1 Å². The summed E-state index contributed by atoms with van der Waals surface area (Å²) < 4.78 is 11.4. The number of amides is 1. The summed E-state index contributed by atoms with van der Waals surface area (Å²) in [4.78, 5) is 19.4. The predicted octanol–water partition coefficient (Wildman–Crippen LogP) is 2.47. The number of morpholine rings is 1. The number of benzene rings is 1. The maximum absolute atomic E-state index is 13.1. The first-order valence-corrected chi connectivity index (χ1v) is 10.9. The standard InChI is InChI=1S/C22H28ClN5O3/c1-22(2,31-19-5-3-17(23)4-6-19)21(29)28-9-7-27(8-10-28)20-15-18(16-24-25-20)26-11-13-30-14-12-26/h3-6,15-16H,7-14H2,1-2H3. The van der Waals surface area contributed by atoms with Gasteiger partial charge in [0.15, 0.2) is 11.4 Å². The van der Waals surface area contributed by atoms with Crippen LogP contribution in [0, 0.1) is 0 Å². The van der Waals surface area contributed by atoms with Crippen LogP contribution in [0.1, 0.15) is 13.8 Å². The highest BCUT2D eigenvalue weighted by molar-refractivity contribution is 6.30. The lowest BCUT2D eigenvalue weighted by Gasteiger charge is -2.39. The third-order valence-corrected chi connectivity index (χ3v) is 5.85. The summed E-state index contributed by atoms with van der Waals surface area (Å²) in [6.45, 7) is 9.38. The molecule has 2 fully saturated rings. The molecule has 0 atom stereocenters. The van der Waals surface area contributed by atoms with Gasteiger partial charge in [-0.3, -0.25) is 4.79 Å². The lowest BCUT2D eigenvalue weighted by Crippen LogP contribution is -2.56. The van der Waals surface area contributed by atoms with E-state index in [9.17, 15) is 4.79 Å². The molecular formula is C22H28ClN5O3. The summed E-state index contributed by atoms with van der Waals surface area (Å²) in [5.74, 6) is 1.43. The highest BCUT2D eigenvalue weighted by Crippen LogP contribution is 2.24. The molecule has 1 aromatic carbocycles. The number of carbonyl (C=O) groups excluding carboxylic acids is 1. The Morgan fingerprint density at radius 2 is 1.71 bits per heavy atom. The largest absolute Gasteiger partial charge is 0.478 e. The first-order chi connectivity index (χ1) is 14.9. The van der Waals surface area contributed by atoms with E-state index in [0.717, 1.165) is 37.8 Å². The van der Waals surface area contributed by atoms with E-state index in [2.05, 4.69) is 26.1 Å². The lowest BCUT2D eigenvalue weighted by atomic mass is 10.1. The first kappa shape index (κ1) is 21.6. The molecule has 8 nitrogen and oxygen atoms in total. The fraction of sp³-hybridized carbons (Fsp3) is 0.500. The molecule has 2 aromatic rings. The minimum absolute atomic E-state index is 0.0322. The number of halogens is 1. The second-order valence-corrected chi connectivity index (χ2v) is 8.65. The number of piperazine rings is 1. The van der Waals surface area contributed by atoms with Crippen LogP contribution in [0.5, 0.6) is 5.75 Å². The molecule has 0 radical (unpaired) electrons. The van der Waals surface area contributed by atoms with Crippen LogP contribution >= 0.6 is 11.6 Å². The average molecular weight is 446 g/mol. The maximum Gasteiger partial charge on any atom is 0.266 e. The van der Waals surface area contributed by atoms with Crippen LogP contribution in [0.15, 0.2) is 36.5 Å².